The van der Waals surface area contributed by atoms with Crippen molar-refractivity contribution < 1.29 is 9.53 Å². The molecule has 0 bridgehead atoms. The normalized spacial score (nSPS) is 10.5. The van der Waals surface area contributed by atoms with Crippen molar-refractivity contribution in [3.05, 3.63) is 100 Å². The Morgan fingerprint density at radius 1 is 0.935 bits per heavy atom. The van der Waals surface area contributed by atoms with Crippen LogP contribution in [0.15, 0.2) is 66.7 Å². The Morgan fingerprint density at radius 3 is 2.29 bits per heavy atom. The average molecular weight is 433 g/mol. The largest absolute Gasteiger partial charge is 0.457 e. The molecule has 0 amide bonds. The van der Waals surface area contributed by atoms with E-state index in [0.717, 1.165) is 22.4 Å². The molecule has 0 aliphatic heterocycles. The zero-order valence-corrected chi connectivity index (χ0v) is 19.3. The quantitative estimate of drug-likeness (QED) is 0.394. The van der Waals surface area contributed by atoms with E-state index >= 15 is 0 Å². The van der Waals surface area contributed by atoms with Crippen molar-refractivity contribution in [1.82, 2.24) is 4.90 Å². The fraction of sp³-hybridized carbons (Fsp3) is 0.231. The maximum atomic E-state index is 12.6. The maximum absolute atomic E-state index is 12.6. The van der Waals surface area contributed by atoms with E-state index in [2.05, 4.69) is 17.4 Å². The van der Waals surface area contributed by atoms with Gasteiger partial charge in [0.05, 0.1) is 5.56 Å². The minimum atomic E-state index is -0.323. The summed E-state index contributed by atoms with van der Waals surface area (Å²) in [6.45, 7) is 6.87. The molecule has 0 saturated carbocycles. The molecule has 0 unspecified atom stereocenters. The lowest BCUT2D eigenvalue weighted by molar-refractivity contribution is 0.0472. The third kappa shape index (κ3) is 6.15. The molecule has 3 aromatic rings. The summed E-state index contributed by atoms with van der Waals surface area (Å²) in [5.41, 5.74) is 6.57. The lowest BCUT2D eigenvalue weighted by Crippen LogP contribution is -2.30. The van der Waals surface area contributed by atoms with Gasteiger partial charge in [-0.25, -0.2) is 4.79 Å². The molecule has 5 heteroatoms. The topological polar surface area (TPSA) is 41.6 Å². The molecule has 0 fully saturated rings. The van der Waals surface area contributed by atoms with E-state index in [0.29, 0.717) is 17.2 Å². The number of anilines is 1. The van der Waals surface area contributed by atoms with Crippen LogP contribution < -0.4 is 5.32 Å². The van der Waals surface area contributed by atoms with Crippen LogP contribution in [-0.2, 0) is 17.9 Å². The second kappa shape index (κ2) is 10.2. The number of ether oxygens (including phenoxy) is 1. The molecule has 0 radical (unpaired) electrons. The molecule has 0 atom stereocenters. The van der Waals surface area contributed by atoms with E-state index in [1.54, 1.807) is 0 Å². The Kier molecular flexibility index (Phi) is 7.42. The minimum absolute atomic E-state index is 0.256. The summed E-state index contributed by atoms with van der Waals surface area (Å²) in [5, 5.41) is 3.93. The third-order valence-electron chi connectivity index (χ3n) is 5.13. The standard InChI is InChI=1S/C26H28N2O2S/c1-18-10-12-22(13-11-18)17-30-25(29)23-14-20(3)24(15-19(23)2)27-26(31)28(4)16-21-8-6-5-7-9-21/h5-15H,16-17H2,1-4H3,(H,27,31). The third-order valence-corrected chi connectivity index (χ3v) is 5.55. The molecule has 160 valence electrons. The van der Waals surface area contributed by atoms with Gasteiger partial charge >= 0.3 is 5.97 Å². The van der Waals surface area contributed by atoms with E-state index < -0.39 is 0 Å². The molecule has 0 aliphatic carbocycles. The Hall–Kier alpha value is -3.18. The predicted octanol–water partition coefficient (Wildman–Crippen LogP) is 5.80. The van der Waals surface area contributed by atoms with Gasteiger partial charge in [-0.3, -0.25) is 0 Å². The molecule has 4 nitrogen and oxygen atoms in total. The van der Waals surface area contributed by atoms with E-state index in [-0.39, 0.29) is 12.6 Å². The number of esters is 1. The number of thiocarbonyl (C=S) groups is 1. The van der Waals surface area contributed by atoms with Gasteiger partial charge < -0.3 is 15.0 Å². The molecule has 0 aliphatic rings. The molecule has 0 saturated heterocycles. The van der Waals surface area contributed by atoms with Gasteiger partial charge in [-0.1, -0.05) is 60.2 Å². The van der Waals surface area contributed by atoms with Crippen molar-refractivity contribution in [2.24, 2.45) is 0 Å². The monoisotopic (exact) mass is 432 g/mol. The highest BCUT2D eigenvalue weighted by molar-refractivity contribution is 7.80. The molecule has 1 N–H and O–H groups in total. The molecule has 3 rings (SSSR count). The number of nitrogens with one attached hydrogen (secondary N) is 1. The molecule has 31 heavy (non-hydrogen) atoms. The van der Waals surface area contributed by atoms with E-state index in [4.69, 9.17) is 17.0 Å². The first-order valence-electron chi connectivity index (χ1n) is 10.2. The number of carbonyl (C=O) groups excluding carboxylic acids is 1. The lowest BCUT2D eigenvalue weighted by Gasteiger charge is -2.22. The van der Waals surface area contributed by atoms with Gasteiger partial charge in [0.25, 0.3) is 0 Å². The van der Waals surface area contributed by atoms with Crippen molar-refractivity contribution in [3.8, 4) is 0 Å². The lowest BCUT2D eigenvalue weighted by atomic mass is 10.0. The van der Waals surface area contributed by atoms with Crippen LogP contribution in [-0.4, -0.2) is 23.0 Å². The van der Waals surface area contributed by atoms with E-state index in [1.165, 1.54) is 11.1 Å². The van der Waals surface area contributed by atoms with Crippen molar-refractivity contribution in [2.75, 3.05) is 12.4 Å². The SMILES string of the molecule is Cc1ccc(COC(=O)c2cc(C)c(NC(=S)N(C)Cc3ccccc3)cc2C)cc1. The van der Waals surface area contributed by atoms with Gasteiger partial charge in [0.1, 0.15) is 6.61 Å². The number of nitrogens with zero attached hydrogens (tertiary/aromatic N) is 1. The Balaban J connectivity index is 1.64. The summed E-state index contributed by atoms with van der Waals surface area (Å²) in [6.07, 6.45) is 0. The number of hydrogen-bond donors (Lipinski definition) is 1. The van der Waals surface area contributed by atoms with E-state index in [9.17, 15) is 4.79 Å². The van der Waals surface area contributed by atoms with Crippen molar-refractivity contribution in [2.45, 2.75) is 33.9 Å². The highest BCUT2D eigenvalue weighted by Gasteiger charge is 2.15. The van der Waals surface area contributed by atoms with Gasteiger partial charge in [-0.2, -0.15) is 0 Å². The molecule has 0 aromatic heterocycles. The fourth-order valence-electron chi connectivity index (χ4n) is 3.22. The summed E-state index contributed by atoms with van der Waals surface area (Å²) >= 11 is 5.57. The van der Waals surface area contributed by atoms with Crippen LogP contribution in [0.3, 0.4) is 0 Å². The summed E-state index contributed by atoms with van der Waals surface area (Å²) < 4.78 is 5.52. The molecule has 3 aromatic carbocycles. The molecular weight excluding hydrogens is 404 g/mol. The van der Waals surface area contributed by atoms with E-state index in [1.807, 2.05) is 87.3 Å². The van der Waals surface area contributed by atoms with Crippen LogP contribution in [0.4, 0.5) is 5.69 Å². The maximum Gasteiger partial charge on any atom is 0.338 e. The molecule has 0 heterocycles. The summed E-state index contributed by atoms with van der Waals surface area (Å²) in [7, 11) is 1.96. The minimum Gasteiger partial charge on any atom is -0.457 e. The zero-order chi connectivity index (χ0) is 22.4. The first-order chi connectivity index (χ1) is 14.8. The highest BCUT2D eigenvalue weighted by atomic mass is 32.1. The summed E-state index contributed by atoms with van der Waals surface area (Å²) in [4.78, 5) is 14.6. The van der Waals surface area contributed by atoms with Crippen LogP contribution in [0, 0.1) is 20.8 Å². The summed E-state index contributed by atoms with van der Waals surface area (Å²) in [6, 6.07) is 22.0. The number of carbonyl (C=O) groups is 1. The predicted molar refractivity (Wildman–Crippen MR) is 130 cm³/mol. The number of aryl methyl sites for hydroxylation is 3. The van der Waals surface area contributed by atoms with Gasteiger partial charge in [-0.05, 0) is 67.4 Å². The van der Waals surface area contributed by atoms with Crippen molar-refractivity contribution in [1.29, 1.82) is 0 Å². The number of benzene rings is 3. The average Bonchev–Trinajstić information content (AvgIpc) is 2.76. The smallest absolute Gasteiger partial charge is 0.338 e. The van der Waals surface area contributed by atoms with Gasteiger partial charge in [0.2, 0.25) is 0 Å². The van der Waals surface area contributed by atoms with Crippen LogP contribution in [0.2, 0.25) is 0 Å². The number of rotatable bonds is 6. The van der Waals surface area contributed by atoms with Crippen molar-refractivity contribution >= 4 is 29.0 Å². The Labute approximate surface area is 189 Å². The molecule has 0 spiro atoms. The second-order valence-electron chi connectivity index (χ2n) is 7.82. The number of hydrogen-bond acceptors (Lipinski definition) is 3. The van der Waals surface area contributed by atoms with Gasteiger partial charge in [-0.15, -0.1) is 0 Å². The second-order valence-corrected chi connectivity index (χ2v) is 8.20. The first kappa shape index (κ1) is 22.5. The fourth-order valence-corrected chi connectivity index (χ4v) is 3.40. The van der Waals surface area contributed by atoms with Crippen LogP contribution in [0.25, 0.3) is 0 Å². The van der Waals surface area contributed by atoms with Crippen molar-refractivity contribution in [3.63, 3.8) is 0 Å². The summed E-state index contributed by atoms with van der Waals surface area (Å²) in [5.74, 6) is -0.323. The van der Waals surface area contributed by atoms with Crippen LogP contribution in [0.1, 0.15) is 38.2 Å². The Bertz CT molecular complexity index is 1060. The van der Waals surface area contributed by atoms with Crippen LogP contribution >= 0.6 is 12.2 Å². The van der Waals surface area contributed by atoms with Crippen LogP contribution in [0.5, 0.6) is 0 Å². The highest BCUT2D eigenvalue weighted by Crippen LogP contribution is 2.22. The van der Waals surface area contributed by atoms with Gasteiger partial charge in [0.15, 0.2) is 5.11 Å². The first-order valence-corrected chi connectivity index (χ1v) is 10.6. The Morgan fingerprint density at radius 2 is 1.61 bits per heavy atom. The zero-order valence-electron chi connectivity index (χ0n) is 18.4. The van der Waals surface area contributed by atoms with Gasteiger partial charge in [0, 0.05) is 19.3 Å². The molecular formula is C26H28N2O2S.